The first-order chi connectivity index (χ1) is 8.72. The molecule has 0 heterocycles. The molecule has 0 aliphatic rings. The number of anilines is 1. The van der Waals surface area contributed by atoms with Crippen LogP contribution in [-0.4, -0.2) is 38.0 Å². The minimum absolute atomic E-state index is 0.00564. The van der Waals surface area contributed by atoms with Gasteiger partial charge in [0.05, 0.1) is 25.5 Å². The molecule has 4 nitrogen and oxygen atoms in total. The number of ether oxygens (including phenoxy) is 1. The lowest BCUT2D eigenvalue weighted by molar-refractivity contribution is 0.0967. The van der Waals surface area contributed by atoms with Crippen molar-refractivity contribution < 1.29 is 14.2 Å². The van der Waals surface area contributed by atoms with Gasteiger partial charge in [0.25, 0.3) is 0 Å². The summed E-state index contributed by atoms with van der Waals surface area (Å²) in [5, 5.41) is 8.60. The largest absolute Gasteiger partial charge is 0.394 e. The van der Waals surface area contributed by atoms with Crippen LogP contribution in [0.4, 0.5) is 10.1 Å². The van der Waals surface area contributed by atoms with Gasteiger partial charge in [0.15, 0.2) is 0 Å². The van der Waals surface area contributed by atoms with Gasteiger partial charge in [-0.2, -0.15) is 0 Å². The lowest BCUT2D eigenvalue weighted by Crippen LogP contribution is -2.28. The second kappa shape index (κ2) is 8.02. The first-order valence-electron chi connectivity index (χ1n) is 6.15. The molecule has 0 unspecified atom stereocenters. The molecular formula is C13H21FN2O2. The van der Waals surface area contributed by atoms with Crippen molar-refractivity contribution in [3.63, 3.8) is 0 Å². The van der Waals surface area contributed by atoms with E-state index in [1.807, 2.05) is 17.9 Å². The molecule has 0 aliphatic heterocycles. The lowest BCUT2D eigenvalue weighted by Gasteiger charge is -2.23. The molecule has 0 fully saturated rings. The van der Waals surface area contributed by atoms with Gasteiger partial charge >= 0.3 is 0 Å². The molecule has 1 aromatic carbocycles. The second-order valence-corrected chi connectivity index (χ2v) is 3.91. The van der Waals surface area contributed by atoms with Crippen molar-refractivity contribution >= 4 is 5.69 Å². The van der Waals surface area contributed by atoms with Gasteiger partial charge in [-0.3, -0.25) is 0 Å². The van der Waals surface area contributed by atoms with Gasteiger partial charge in [0, 0.05) is 19.6 Å². The number of aliphatic hydroxyl groups is 1. The Morgan fingerprint density at radius 2 is 2.17 bits per heavy atom. The van der Waals surface area contributed by atoms with E-state index < -0.39 is 0 Å². The summed E-state index contributed by atoms with van der Waals surface area (Å²) in [6, 6.07) is 5.04. The molecule has 0 radical (unpaired) electrons. The highest BCUT2D eigenvalue weighted by Crippen LogP contribution is 2.20. The summed E-state index contributed by atoms with van der Waals surface area (Å²) in [6.45, 7) is 4.37. The van der Waals surface area contributed by atoms with Gasteiger partial charge < -0.3 is 20.5 Å². The Bertz CT molecular complexity index is 361. The summed E-state index contributed by atoms with van der Waals surface area (Å²) in [5.41, 5.74) is 6.81. The van der Waals surface area contributed by atoms with Crippen molar-refractivity contribution in [2.45, 2.75) is 13.5 Å². The van der Waals surface area contributed by atoms with Gasteiger partial charge in [0.2, 0.25) is 0 Å². The fourth-order valence-corrected chi connectivity index (χ4v) is 1.72. The Hall–Kier alpha value is -1.17. The molecule has 18 heavy (non-hydrogen) atoms. The number of benzene rings is 1. The van der Waals surface area contributed by atoms with E-state index in [0.29, 0.717) is 38.5 Å². The number of nitrogens with two attached hydrogens (primary N) is 1. The third kappa shape index (κ3) is 4.25. The van der Waals surface area contributed by atoms with E-state index in [-0.39, 0.29) is 12.4 Å². The Labute approximate surface area is 107 Å². The standard InChI is InChI=1S/C13H21FN2O2/c1-2-16(5-7-18-8-6-17)13-4-3-11(10-15)9-12(13)14/h3-4,9,17H,2,5-8,10,15H2,1H3. The van der Waals surface area contributed by atoms with Gasteiger partial charge in [0.1, 0.15) is 5.82 Å². The van der Waals surface area contributed by atoms with E-state index in [1.54, 1.807) is 6.07 Å². The maximum absolute atomic E-state index is 13.9. The zero-order valence-electron chi connectivity index (χ0n) is 10.7. The molecule has 3 N–H and O–H groups in total. The van der Waals surface area contributed by atoms with E-state index in [1.165, 1.54) is 6.07 Å². The van der Waals surface area contributed by atoms with Crippen LogP contribution in [0.15, 0.2) is 18.2 Å². The summed E-state index contributed by atoms with van der Waals surface area (Å²) >= 11 is 0. The van der Waals surface area contributed by atoms with Crippen LogP contribution in [0.1, 0.15) is 12.5 Å². The second-order valence-electron chi connectivity index (χ2n) is 3.91. The molecule has 0 atom stereocenters. The van der Waals surface area contributed by atoms with Crippen LogP contribution in [0, 0.1) is 5.82 Å². The Morgan fingerprint density at radius 1 is 1.39 bits per heavy atom. The molecule has 0 saturated carbocycles. The normalized spacial score (nSPS) is 10.7. The highest BCUT2D eigenvalue weighted by Gasteiger charge is 2.10. The smallest absolute Gasteiger partial charge is 0.146 e. The summed E-state index contributed by atoms with van der Waals surface area (Å²) in [5.74, 6) is -0.262. The average molecular weight is 256 g/mol. The van der Waals surface area contributed by atoms with E-state index >= 15 is 0 Å². The summed E-state index contributed by atoms with van der Waals surface area (Å²) in [4.78, 5) is 1.90. The van der Waals surface area contributed by atoms with Crippen LogP contribution in [0.2, 0.25) is 0 Å². The molecule has 0 saturated heterocycles. The van der Waals surface area contributed by atoms with E-state index in [0.717, 1.165) is 5.56 Å². The first-order valence-corrected chi connectivity index (χ1v) is 6.15. The maximum Gasteiger partial charge on any atom is 0.146 e. The van der Waals surface area contributed by atoms with E-state index in [9.17, 15) is 4.39 Å². The minimum atomic E-state index is -0.262. The molecule has 1 aromatic rings. The molecule has 0 amide bonds. The molecule has 0 aromatic heterocycles. The van der Waals surface area contributed by atoms with Crippen molar-refractivity contribution in [3.8, 4) is 0 Å². The van der Waals surface area contributed by atoms with Gasteiger partial charge in [-0.25, -0.2) is 4.39 Å². The van der Waals surface area contributed by atoms with Crippen LogP contribution in [0.5, 0.6) is 0 Å². The van der Waals surface area contributed by atoms with Crippen LogP contribution in [0.25, 0.3) is 0 Å². The maximum atomic E-state index is 13.9. The number of hydrogen-bond acceptors (Lipinski definition) is 4. The first kappa shape index (κ1) is 14.9. The highest BCUT2D eigenvalue weighted by molar-refractivity contribution is 5.49. The molecule has 102 valence electrons. The number of nitrogens with zero attached hydrogens (tertiary/aromatic N) is 1. The molecule has 1 rings (SSSR count). The number of hydrogen-bond donors (Lipinski definition) is 2. The quantitative estimate of drug-likeness (QED) is 0.684. The number of aliphatic hydroxyl groups excluding tert-OH is 1. The van der Waals surface area contributed by atoms with Gasteiger partial charge in [-0.1, -0.05) is 6.07 Å². The minimum Gasteiger partial charge on any atom is -0.394 e. The van der Waals surface area contributed by atoms with E-state index in [2.05, 4.69) is 0 Å². The van der Waals surface area contributed by atoms with Crippen LogP contribution >= 0.6 is 0 Å². The van der Waals surface area contributed by atoms with Crippen LogP contribution in [0.3, 0.4) is 0 Å². The Kier molecular flexibility index (Phi) is 6.64. The van der Waals surface area contributed by atoms with Crippen molar-refractivity contribution in [1.82, 2.24) is 0 Å². The van der Waals surface area contributed by atoms with Crippen LogP contribution in [-0.2, 0) is 11.3 Å². The third-order valence-corrected chi connectivity index (χ3v) is 2.71. The molecule has 0 aliphatic carbocycles. The summed E-state index contributed by atoms with van der Waals surface area (Å²) in [7, 11) is 0. The Morgan fingerprint density at radius 3 is 2.72 bits per heavy atom. The predicted octanol–water partition coefficient (Wildman–Crippen LogP) is 1.12. The van der Waals surface area contributed by atoms with Crippen molar-refractivity contribution in [2.75, 3.05) is 37.8 Å². The lowest BCUT2D eigenvalue weighted by atomic mass is 10.2. The fourth-order valence-electron chi connectivity index (χ4n) is 1.72. The zero-order chi connectivity index (χ0) is 13.4. The highest BCUT2D eigenvalue weighted by atomic mass is 19.1. The Balaban J connectivity index is 2.63. The van der Waals surface area contributed by atoms with Crippen molar-refractivity contribution in [3.05, 3.63) is 29.6 Å². The number of likely N-dealkylation sites (N-methyl/N-ethyl adjacent to an activating group) is 1. The number of rotatable bonds is 8. The van der Waals surface area contributed by atoms with Crippen molar-refractivity contribution in [2.24, 2.45) is 5.73 Å². The number of halogens is 1. The van der Waals surface area contributed by atoms with Crippen LogP contribution < -0.4 is 10.6 Å². The monoisotopic (exact) mass is 256 g/mol. The molecule has 5 heteroatoms. The topological polar surface area (TPSA) is 58.7 Å². The molecule has 0 bridgehead atoms. The average Bonchev–Trinajstić information content (AvgIpc) is 2.39. The summed E-state index contributed by atoms with van der Waals surface area (Å²) < 4.78 is 19.1. The SMILES string of the molecule is CCN(CCOCCO)c1ccc(CN)cc1F. The fraction of sp³-hybridized carbons (Fsp3) is 0.538. The third-order valence-electron chi connectivity index (χ3n) is 2.71. The van der Waals surface area contributed by atoms with E-state index in [4.69, 9.17) is 15.6 Å². The molecule has 0 spiro atoms. The van der Waals surface area contributed by atoms with Crippen molar-refractivity contribution in [1.29, 1.82) is 0 Å². The zero-order valence-corrected chi connectivity index (χ0v) is 10.7. The van der Waals surface area contributed by atoms with Gasteiger partial charge in [-0.05, 0) is 24.6 Å². The summed E-state index contributed by atoms with van der Waals surface area (Å²) in [6.07, 6.45) is 0. The molecular weight excluding hydrogens is 235 g/mol. The predicted molar refractivity (Wildman–Crippen MR) is 70.1 cm³/mol. The van der Waals surface area contributed by atoms with Gasteiger partial charge in [-0.15, -0.1) is 0 Å².